The van der Waals surface area contributed by atoms with Gasteiger partial charge in [-0.05, 0) is 74.9 Å². The van der Waals surface area contributed by atoms with Crippen molar-refractivity contribution in [3.63, 3.8) is 0 Å². The number of aliphatic hydroxyl groups is 1. The normalized spacial score (nSPS) is 22.3. The zero-order chi connectivity index (χ0) is 26.9. The molecule has 1 N–H and O–H groups in total. The predicted molar refractivity (Wildman–Crippen MR) is 138 cm³/mol. The molecule has 1 aliphatic carbocycles. The van der Waals surface area contributed by atoms with Gasteiger partial charge in [-0.15, -0.1) is 0 Å². The van der Waals surface area contributed by atoms with Gasteiger partial charge in [0.1, 0.15) is 5.82 Å². The lowest BCUT2D eigenvalue weighted by atomic mass is 9.67. The molecule has 0 amide bonds. The van der Waals surface area contributed by atoms with Crippen molar-refractivity contribution >= 4 is 5.70 Å². The lowest BCUT2D eigenvalue weighted by molar-refractivity contribution is -0.256. The largest absolute Gasteiger partial charge is 0.477 e. The van der Waals surface area contributed by atoms with E-state index in [1.54, 1.807) is 18.3 Å². The lowest BCUT2D eigenvalue weighted by Crippen LogP contribution is -2.53. The number of pyridine rings is 1. The molecule has 38 heavy (non-hydrogen) atoms. The van der Waals surface area contributed by atoms with Gasteiger partial charge in [-0.3, -0.25) is 0 Å². The van der Waals surface area contributed by atoms with E-state index in [1.165, 1.54) is 6.07 Å². The maximum Gasteiger partial charge on any atom is 0.395 e. The molecule has 0 spiro atoms. The molecule has 0 radical (unpaired) electrons. The molecule has 1 saturated carbocycles. The molecule has 0 bridgehead atoms. The Balaban J connectivity index is 1.11. The SMILES string of the molecule is C=C(c1ccc(-c2ccc(OCC3CCN(CC4(C(F)(F)F)CCC4)CC3)nc2)cc1F)N1CCC(O)C1. The Labute approximate surface area is 221 Å². The minimum absolute atomic E-state index is 0.115. The first-order valence-corrected chi connectivity index (χ1v) is 13.4. The van der Waals surface area contributed by atoms with Gasteiger partial charge >= 0.3 is 6.18 Å². The summed E-state index contributed by atoms with van der Waals surface area (Å²) in [6, 6.07) is 8.58. The van der Waals surface area contributed by atoms with Crippen molar-refractivity contribution in [1.82, 2.24) is 14.8 Å². The second kappa shape index (κ2) is 10.8. The number of piperidine rings is 1. The average molecular weight is 534 g/mol. The van der Waals surface area contributed by atoms with E-state index in [4.69, 9.17) is 4.74 Å². The highest BCUT2D eigenvalue weighted by atomic mass is 19.4. The molecule has 1 atom stereocenters. The van der Waals surface area contributed by atoms with Gasteiger partial charge in [-0.25, -0.2) is 9.37 Å². The topological polar surface area (TPSA) is 48.8 Å². The lowest BCUT2D eigenvalue weighted by Gasteiger charge is -2.47. The van der Waals surface area contributed by atoms with E-state index in [0.717, 1.165) is 18.4 Å². The highest BCUT2D eigenvalue weighted by Gasteiger charge is 2.58. The van der Waals surface area contributed by atoms with Crippen LogP contribution in [0.5, 0.6) is 5.88 Å². The van der Waals surface area contributed by atoms with Crippen molar-refractivity contribution in [2.45, 2.75) is 50.8 Å². The summed E-state index contributed by atoms with van der Waals surface area (Å²) in [5.74, 6) is 0.376. The van der Waals surface area contributed by atoms with Gasteiger partial charge in [0.05, 0.1) is 18.1 Å². The standard InChI is InChI=1S/C29H35F4N3O2/c1-20(36-14-9-24(37)17-36)25-5-3-22(15-26(25)30)23-4-6-27(34-16-23)38-18-21-7-12-35(13-8-21)19-28(10-2-11-28)29(31,32)33/h3-6,15-16,21,24,37H,1-2,7-14,17-19H2. The number of benzene rings is 1. The summed E-state index contributed by atoms with van der Waals surface area (Å²) in [7, 11) is 0. The molecule has 5 nitrogen and oxygen atoms in total. The van der Waals surface area contributed by atoms with Crippen LogP contribution in [0.1, 0.15) is 44.1 Å². The molecule has 3 aliphatic rings. The number of aliphatic hydroxyl groups excluding tert-OH is 1. The third-order valence-electron chi connectivity index (χ3n) is 8.51. The van der Waals surface area contributed by atoms with Crippen LogP contribution in [-0.4, -0.2) is 71.5 Å². The average Bonchev–Trinajstić information content (AvgIpc) is 3.31. The molecule has 206 valence electrons. The number of nitrogens with zero attached hydrogens (tertiary/aromatic N) is 3. The van der Waals surface area contributed by atoms with E-state index in [2.05, 4.69) is 11.6 Å². The van der Waals surface area contributed by atoms with Crippen LogP contribution in [0.25, 0.3) is 16.8 Å². The molecule has 1 aromatic carbocycles. The van der Waals surface area contributed by atoms with Crippen LogP contribution < -0.4 is 4.74 Å². The summed E-state index contributed by atoms with van der Waals surface area (Å²) in [5.41, 5.74) is 0.934. The van der Waals surface area contributed by atoms with Crippen LogP contribution in [0.4, 0.5) is 17.6 Å². The van der Waals surface area contributed by atoms with Gasteiger partial charge in [0.25, 0.3) is 0 Å². The Morgan fingerprint density at radius 1 is 1.08 bits per heavy atom. The number of ether oxygens (including phenoxy) is 1. The molecule has 1 aromatic heterocycles. The van der Waals surface area contributed by atoms with Gasteiger partial charge in [-0.1, -0.05) is 19.1 Å². The second-order valence-electron chi connectivity index (χ2n) is 11.1. The fraction of sp³-hybridized carbons (Fsp3) is 0.552. The monoisotopic (exact) mass is 533 g/mol. The smallest absolute Gasteiger partial charge is 0.395 e. The minimum atomic E-state index is -4.12. The predicted octanol–water partition coefficient (Wildman–Crippen LogP) is 5.75. The number of hydrogen-bond acceptors (Lipinski definition) is 5. The van der Waals surface area contributed by atoms with E-state index in [1.807, 2.05) is 21.9 Å². The van der Waals surface area contributed by atoms with Crippen LogP contribution >= 0.6 is 0 Å². The van der Waals surface area contributed by atoms with Crippen molar-refractivity contribution in [2.75, 3.05) is 39.3 Å². The van der Waals surface area contributed by atoms with E-state index in [9.17, 15) is 22.7 Å². The number of halogens is 4. The molecule has 3 fully saturated rings. The molecule has 9 heteroatoms. The first-order valence-electron chi connectivity index (χ1n) is 13.4. The van der Waals surface area contributed by atoms with Crippen LogP contribution in [-0.2, 0) is 0 Å². The first kappa shape index (κ1) is 26.9. The summed E-state index contributed by atoms with van der Waals surface area (Å²) in [6.07, 6.45) is 0.538. The van der Waals surface area contributed by atoms with E-state index < -0.39 is 17.7 Å². The van der Waals surface area contributed by atoms with Crippen molar-refractivity contribution in [2.24, 2.45) is 11.3 Å². The van der Waals surface area contributed by atoms with Gasteiger partial charge in [-0.2, -0.15) is 13.2 Å². The molecular weight excluding hydrogens is 498 g/mol. The highest BCUT2D eigenvalue weighted by Crippen LogP contribution is 2.53. The number of alkyl halides is 3. The third-order valence-corrected chi connectivity index (χ3v) is 8.51. The fourth-order valence-electron chi connectivity index (χ4n) is 5.80. The van der Waals surface area contributed by atoms with Gasteiger partial charge in [0.2, 0.25) is 5.88 Å². The Morgan fingerprint density at radius 2 is 1.82 bits per heavy atom. The van der Waals surface area contributed by atoms with Crippen LogP contribution in [0.3, 0.4) is 0 Å². The van der Waals surface area contributed by atoms with Crippen molar-refractivity contribution in [1.29, 1.82) is 0 Å². The molecule has 2 aliphatic heterocycles. The minimum Gasteiger partial charge on any atom is -0.477 e. The summed E-state index contributed by atoms with van der Waals surface area (Å²) in [4.78, 5) is 8.23. The Kier molecular flexibility index (Phi) is 7.69. The summed E-state index contributed by atoms with van der Waals surface area (Å²) < 4.78 is 61.2. The maximum absolute atomic E-state index is 14.9. The molecule has 3 heterocycles. The number of β-amino-alcohol motifs (C(OH)–C–C–N with tert-alkyl or cyclic N) is 1. The summed E-state index contributed by atoms with van der Waals surface area (Å²) in [6.45, 7) is 7.03. The Hall–Kier alpha value is -2.65. The van der Waals surface area contributed by atoms with Crippen molar-refractivity contribution < 1.29 is 27.4 Å². The summed E-state index contributed by atoms with van der Waals surface area (Å²) in [5, 5.41) is 9.74. The Bertz CT molecular complexity index is 1130. The zero-order valence-corrected chi connectivity index (χ0v) is 21.5. The van der Waals surface area contributed by atoms with Gasteiger partial charge < -0.3 is 19.6 Å². The third kappa shape index (κ3) is 5.69. The molecule has 5 rings (SSSR count). The van der Waals surface area contributed by atoms with Crippen LogP contribution in [0.2, 0.25) is 0 Å². The molecular formula is C29H35F4N3O2. The van der Waals surface area contributed by atoms with Gasteiger partial charge in [0, 0.05) is 48.7 Å². The quantitative estimate of drug-likeness (QED) is 0.438. The number of likely N-dealkylation sites (tertiary alicyclic amines) is 2. The van der Waals surface area contributed by atoms with Gasteiger partial charge in [0.15, 0.2) is 0 Å². The maximum atomic E-state index is 14.9. The first-order chi connectivity index (χ1) is 18.1. The molecule has 2 saturated heterocycles. The zero-order valence-electron chi connectivity index (χ0n) is 21.5. The van der Waals surface area contributed by atoms with Crippen molar-refractivity contribution in [3.8, 4) is 17.0 Å². The Morgan fingerprint density at radius 3 is 2.37 bits per heavy atom. The fourth-order valence-corrected chi connectivity index (χ4v) is 5.80. The number of aromatic nitrogens is 1. The highest BCUT2D eigenvalue weighted by molar-refractivity contribution is 5.69. The molecule has 2 aromatic rings. The van der Waals surface area contributed by atoms with E-state index in [-0.39, 0.29) is 31.1 Å². The van der Waals surface area contributed by atoms with Crippen LogP contribution in [0, 0.1) is 17.2 Å². The second-order valence-corrected chi connectivity index (χ2v) is 11.1. The summed E-state index contributed by atoms with van der Waals surface area (Å²) >= 11 is 0. The number of rotatable bonds is 8. The van der Waals surface area contributed by atoms with E-state index in [0.29, 0.717) is 68.3 Å². The van der Waals surface area contributed by atoms with E-state index >= 15 is 0 Å². The van der Waals surface area contributed by atoms with Crippen LogP contribution in [0.15, 0.2) is 43.1 Å². The van der Waals surface area contributed by atoms with Crippen molar-refractivity contribution in [3.05, 3.63) is 54.5 Å². The molecule has 1 unspecified atom stereocenters. The number of hydrogen-bond donors (Lipinski definition) is 1.